The molecule has 20 heavy (non-hydrogen) atoms. The van der Waals surface area contributed by atoms with Gasteiger partial charge in [-0.1, -0.05) is 6.92 Å². The molecule has 2 saturated heterocycles. The molecule has 0 aromatic heterocycles. The van der Waals surface area contributed by atoms with E-state index in [2.05, 4.69) is 10.6 Å². The minimum absolute atomic E-state index is 0.00181. The largest absolute Gasteiger partial charge is 0.321 e. The summed E-state index contributed by atoms with van der Waals surface area (Å²) in [7, 11) is 0. The van der Waals surface area contributed by atoms with Gasteiger partial charge >= 0.3 is 0 Å². The molecule has 2 atom stereocenters. The van der Waals surface area contributed by atoms with Crippen molar-refractivity contribution in [1.82, 2.24) is 15.5 Å². The van der Waals surface area contributed by atoms with E-state index in [9.17, 15) is 14.4 Å². The van der Waals surface area contributed by atoms with Crippen molar-refractivity contribution in [3.05, 3.63) is 0 Å². The highest BCUT2D eigenvalue weighted by Gasteiger charge is 2.59. The fourth-order valence-electron chi connectivity index (χ4n) is 3.68. The molecule has 2 N–H and O–H groups in total. The number of amides is 3. The predicted octanol–water partition coefficient (Wildman–Crippen LogP) is -0.360. The number of rotatable bonds is 2. The van der Waals surface area contributed by atoms with Gasteiger partial charge in [-0.25, -0.2) is 0 Å². The van der Waals surface area contributed by atoms with E-state index in [0.717, 1.165) is 32.4 Å². The SMILES string of the molecule is CCC1C(=O)NC(=O)CN1C(=O)C1CC12CCNCC2. The van der Waals surface area contributed by atoms with Gasteiger partial charge in [-0.3, -0.25) is 19.7 Å². The topological polar surface area (TPSA) is 78.5 Å². The first-order chi connectivity index (χ1) is 9.57. The molecule has 2 unspecified atom stereocenters. The Morgan fingerprint density at radius 1 is 1.35 bits per heavy atom. The van der Waals surface area contributed by atoms with E-state index in [1.165, 1.54) is 4.90 Å². The van der Waals surface area contributed by atoms with Crippen LogP contribution < -0.4 is 10.6 Å². The Hall–Kier alpha value is -1.43. The summed E-state index contributed by atoms with van der Waals surface area (Å²) in [5.41, 5.74) is 0.137. The van der Waals surface area contributed by atoms with Gasteiger partial charge in [-0.05, 0) is 44.2 Å². The van der Waals surface area contributed by atoms with Crippen LogP contribution in [0.15, 0.2) is 0 Å². The van der Waals surface area contributed by atoms with Gasteiger partial charge in [0.1, 0.15) is 12.6 Å². The van der Waals surface area contributed by atoms with Crippen LogP contribution in [0, 0.1) is 11.3 Å². The monoisotopic (exact) mass is 279 g/mol. The van der Waals surface area contributed by atoms with Crippen LogP contribution in [0.25, 0.3) is 0 Å². The number of hydrogen-bond acceptors (Lipinski definition) is 4. The summed E-state index contributed by atoms with van der Waals surface area (Å²) in [6.07, 6.45) is 3.50. The van der Waals surface area contributed by atoms with E-state index in [0.29, 0.717) is 6.42 Å². The highest BCUT2D eigenvalue weighted by Crippen LogP contribution is 2.59. The summed E-state index contributed by atoms with van der Waals surface area (Å²) in [4.78, 5) is 37.5. The Balaban J connectivity index is 1.73. The molecule has 3 aliphatic rings. The normalized spacial score (nSPS) is 32.1. The van der Waals surface area contributed by atoms with Crippen LogP contribution in [-0.2, 0) is 14.4 Å². The first-order valence-corrected chi connectivity index (χ1v) is 7.42. The molecule has 3 fully saturated rings. The Labute approximate surface area is 118 Å². The second-order valence-electron chi connectivity index (χ2n) is 6.17. The number of imide groups is 1. The molecule has 1 spiro atoms. The maximum absolute atomic E-state index is 12.7. The maximum Gasteiger partial charge on any atom is 0.249 e. The lowest BCUT2D eigenvalue weighted by molar-refractivity contribution is -0.151. The number of hydrogen-bond donors (Lipinski definition) is 2. The highest BCUT2D eigenvalue weighted by atomic mass is 16.2. The van der Waals surface area contributed by atoms with Crippen LogP contribution in [0.1, 0.15) is 32.6 Å². The molecule has 0 aromatic carbocycles. The van der Waals surface area contributed by atoms with Crippen LogP contribution in [0.2, 0.25) is 0 Å². The maximum atomic E-state index is 12.7. The van der Waals surface area contributed by atoms with Crippen molar-refractivity contribution in [3.8, 4) is 0 Å². The first kappa shape index (κ1) is 13.5. The lowest BCUT2D eigenvalue weighted by Gasteiger charge is -2.34. The highest BCUT2D eigenvalue weighted by molar-refractivity contribution is 6.04. The van der Waals surface area contributed by atoms with E-state index < -0.39 is 6.04 Å². The Morgan fingerprint density at radius 3 is 2.70 bits per heavy atom. The summed E-state index contributed by atoms with van der Waals surface area (Å²) in [5.74, 6) is -0.690. The lowest BCUT2D eigenvalue weighted by atomic mass is 9.91. The molecule has 0 bridgehead atoms. The summed E-state index contributed by atoms with van der Waals surface area (Å²) in [6.45, 7) is 3.81. The van der Waals surface area contributed by atoms with Crippen molar-refractivity contribution in [2.75, 3.05) is 19.6 Å². The molecule has 2 heterocycles. The van der Waals surface area contributed by atoms with E-state index >= 15 is 0 Å². The van der Waals surface area contributed by atoms with Gasteiger partial charge in [0.05, 0.1) is 0 Å². The number of nitrogens with one attached hydrogen (secondary N) is 2. The molecule has 3 rings (SSSR count). The van der Waals surface area contributed by atoms with Crippen molar-refractivity contribution >= 4 is 17.7 Å². The van der Waals surface area contributed by atoms with Gasteiger partial charge in [0, 0.05) is 5.92 Å². The van der Waals surface area contributed by atoms with Crippen molar-refractivity contribution in [2.45, 2.75) is 38.6 Å². The molecule has 110 valence electrons. The number of piperazine rings is 1. The zero-order valence-corrected chi connectivity index (χ0v) is 11.8. The summed E-state index contributed by atoms with van der Waals surface area (Å²) >= 11 is 0. The second kappa shape index (κ2) is 4.84. The number of carbonyl (C=O) groups is 3. The molecule has 3 amide bonds. The van der Waals surface area contributed by atoms with Gasteiger partial charge in [0.2, 0.25) is 17.7 Å². The van der Waals surface area contributed by atoms with Crippen molar-refractivity contribution in [3.63, 3.8) is 0 Å². The summed E-state index contributed by atoms with van der Waals surface area (Å²) in [5, 5.41) is 5.62. The second-order valence-corrected chi connectivity index (χ2v) is 6.17. The van der Waals surface area contributed by atoms with E-state index in [1.54, 1.807) is 0 Å². The van der Waals surface area contributed by atoms with Crippen LogP contribution >= 0.6 is 0 Å². The van der Waals surface area contributed by atoms with Crippen molar-refractivity contribution in [2.24, 2.45) is 11.3 Å². The average molecular weight is 279 g/mol. The number of carbonyl (C=O) groups excluding carboxylic acids is 3. The zero-order chi connectivity index (χ0) is 14.3. The van der Waals surface area contributed by atoms with Crippen LogP contribution in [0.5, 0.6) is 0 Å². The van der Waals surface area contributed by atoms with Crippen molar-refractivity contribution < 1.29 is 14.4 Å². The van der Waals surface area contributed by atoms with Crippen LogP contribution in [0.3, 0.4) is 0 Å². The molecule has 1 aliphatic carbocycles. The zero-order valence-electron chi connectivity index (χ0n) is 11.8. The smallest absolute Gasteiger partial charge is 0.249 e. The molecular weight excluding hydrogens is 258 g/mol. The quantitative estimate of drug-likeness (QED) is 0.677. The number of nitrogens with zero attached hydrogens (tertiary/aromatic N) is 1. The fourth-order valence-corrected chi connectivity index (χ4v) is 3.68. The van der Waals surface area contributed by atoms with Crippen LogP contribution in [-0.4, -0.2) is 48.3 Å². The molecule has 0 radical (unpaired) electrons. The van der Waals surface area contributed by atoms with Crippen LogP contribution in [0.4, 0.5) is 0 Å². The average Bonchev–Trinajstić information content (AvgIpc) is 3.11. The Kier molecular flexibility index (Phi) is 3.28. The molecule has 6 nitrogen and oxygen atoms in total. The summed E-state index contributed by atoms with van der Waals surface area (Å²) < 4.78 is 0. The third-order valence-electron chi connectivity index (χ3n) is 5.01. The van der Waals surface area contributed by atoms with Gasteiger partial charge in [0.15, 0.2) is 0 Å². The van der Waals surface area contributed by atoms with Crippen molar-refractivity contribution in [1.29, 1.82) is 0 Å². The third kappa shape index (κ3) is 2.12. The third-order valence-corrected chi connectivity index (χ3v) is 5.01. The van der Waals surface area contributed by atoms with Gasteiger partial charge < -0.3 is 10.2 Å². The fraction of sp³-hybridized carbons (Fsp3) is 0.786. The van der Waals surface area contributed by atoms with Gasteiger partial charge in [0.25, 0.3) is 0 Å². The van der Waals surface area contributed by atoms with Gasteiger partial charge in [-0.15, -0.1) is 0 Å². The van der Waals surface area contributed by atoms with E-state index in [1.807, 2.05) is 6.92 Å². The lowest BCUT2D eigenvalue weighted by Crippen LogP contribution is -2.60. The molecule has 1 saturated carbocycles. The van der Waals surface area contributed by atoms with E-state index in [4.69, 9.17) is 0 Å². The Morgan fingerprint density at radius 2 is 2.05 bits per heavy atom. The molecule has 2 aliphatic heterocycles. The molecular formula is C14H21N3O3. The Bertz CT molecular complexity index is 457. The number of piperidine rings is 1. The summed E-state index contributed by atoms with van der Waals surface area (Å²) in [6, 6.07) is -0.487. The predicted molar refractivity (Wildman–Crippen MR) is 71.6 cm³/mol. The molecule has 0 aromatic rings. The minimum Gasteiger partial charge on any atom is -0.321 e. The first-order valence-electron chi connectivity index (χ1n) is 7.42. The molecule has 6 heteroatoms. The standard InChI is InChI=1S/C14H21N3O3/c1-2-10-12(19)16-11(18)8-17(10)13(20)9-7-14(9)3-5-15-6-4-14/h9-10,15H,2-8H2,1H3,(H,16,18,19). The minimum atomic E-state index is -0.487. The van der Waals surface area contributed by atoms with Gasteiger partial charge in [-0.2, -0.15) is 0 Å². The van der Waals surface area contributed by atoms with E-state index in [-0.39, 0.29) is 35.6 Å².